The molecule has 1 aliphatic heterocycles. The molecule has 158 valence electrons. The van der Waals surface area contributed by atoms with Crippen LogP contribution in [0.1, 0.15) is 36.0 Å². The van der Waals surface area contributed by atoms with Gasteiger partial charge in [-0.3, -0.25) is 9.59 Å². The van der Waals surface area contributed by atoms with Crippen LogP contribution < -0.4 is 16.0 Å². The number of carbonyl (C=O) groups is 3. The van der Waals surface area contributed by atoms with Crippen LogP contribution in [0, 0.1) is 0 Å². The van der Waals surface area contributed by atoms with Gasteiger partial charge in [-0.2, -0.15) is 0 Å². The zero-order valence-corrected chi connectivity index (χ0v) is 17.4. The first-order chi connectivity index (χ1) is 14.5. The first-order valence-corrected chi connectivity index (χ1v) is 10.4. The Hall–Kier alpha value is -3.06. The van der Waals surface area contributed by atoms with Gasteiger partial charge in [0.2, 0.25) is 5.91 Å². The Bertz CT molecular complexity index is 894. The molecule has 4 amide bonds. The topological polar surface area (TPSA) is 90.5 Å². The zero-order valence-electron chi connectivity index (χ0n) is 16.6. The lowest BCUT2D eigenvalue weighted by molar-refractivity contribution is -0.115. The first-order valence-electron chi connectivity index (χ1n) is 10.0. The molecule has 1 fully saturated rings. The second-order valence-corrected chi connectivity index (χ2v) is 7.53. The molecule has 8 heteroatoms. The van der Waals surface area contributed by atoms with E-state index in [4.69, 9.17) is 11.6 Å². The summed E-state index contributed by atoms with van der Waals surface area (Å²) < 4.78 is 0. The molecule has 3 N–H and O–H groups in total. The SMILES string of the molecule is O=C(CNC(=O)c1ccccc1Cl)Nc1ccc(NC(=O)N2CCCCCC2)cc1. The van der Waals surface area contributed by atoms with E-state index in [1.807, 2.05) is 4.90 Å². The normalized spacial score (nSPS) is 13.8. The number of amides is 4. The number of rotatable bonds is 5. The van der Waals surface area contributed by atoms with E-state index in [-0.39, 0.29) is 18.5 Å². The number of halogens is 1. The van der Waals surface area contributed by atoms with Crippen molar-refractivity contribution in [3.05, 3.63) is 59.1 Å². The van der Waals surface area contributed by atoms with E-state index < -0.39 is 5.91 Å². The van der Waals surface area contributed by atoms with Crippen LogP contribution >= 0.6 is 11.6 Å². The lowest BCUT2D eigenvalue weighted by Crippen LogP contribution is -2.35. The summed E-state index contributed by atoms with van der Waals surface area (Å²) in [7, 11) is 0. The van der Waals surface area contributed by atoms with Crippen LogP contribution in [-0.4, -0.2) is 42.4 Å². The highest BCUT2D eigenvalue weighted by molar-refractivity contribution is 6.33. The molecule has 7 nitrogen and oxygen atoms in total. The number of carbonyl (C=O) groups excluding carboxylic acids is 3. The van der Waals surface area contributed by atoms with Gasteiger partial charge in [-0.15, -0.1) is 0 Å². The lowest BCUT2D eigenvalue weighted by Gasteiger charge is -2.20. The highest BCUT2D eigenvalue weighted by atomic mass is 35.5. The van der Waals surface area contributed by atoms with Crippen LogP contribution in [0.15, 0.2) is 48.5 Å². The van der Waals surface area contributed by atoms with Gasteiger partial charge < -0.3 is 20.9 Å². The predicted octanol–water partition coefficient (Wildman–Crippen LogP) is 4.12. The average molecular weight is 429 g/mol. The van der Waals surface area contributed by atoms with E-state index in [0.717, 1.165) is 38.8 Å². The van der Waals surface area contributed by atoms with Crippen LogP contribution in [-0.2, 0) is 4.79 Å². The standard InChI is InChI=1S/C22H25ClN4O3/c23-19-8-4-3-7-18(19)21(29)24-15-20(28)25-16-9-11-17(12-10-16)26-22(30)27-13-5-1-2-6-14-27/h3-4,7-12H,1-2,5-6,13-15H2,(H,24,29)(H,25,28)(H,26,30). The largest absolute Gasteiger partial charge is 0.343 e. The van der Waals surface area contributed by atoms with Gasteiger partial charge in [0.15, 0.2) is 0 Å². The fourth-order valence-electron chi connectivity index (χ4n) is 3.22. The molecular formula is C22H25ClN4O3. The molecule has 0 bridgehead atoms. The van der Waals surface area contributed by atoms with Crippen molar-refractivity contribution < 1.29 is 14.4 Å². The molecule has 0 aliphatic carbocycles. The number of likely N-dealkylation sites (tertiary alicyclic amines) is 1. The van der Waals surface area contributed by atoms with Crippen molar-refractivity contribution in [2.45, 2.75) is 25.7 Å². The number of benzene rings is 2. The van der Waals surface area contributed by atoms with Crippen molar-refractivity contribution in [3.63, 3.8) is 0 Å². The molecular weight excluding hydrogens is 404 g/mol. The third-order valence-electron chi connectivity index (χ3n) is 4.84. The Kier molecular flexibility index (Phi) is 7.68. The van der Waals surface area contributed by atoms with E-state index in [0.29, 0.717) is 22.0 Å². The molecule has 1 aliphatic rings. The molecule has 2 aromatic rings. The summed E-state index contributed by atoms with van der Waals surface area (Å²) in [6.07, 6.45) is 4.39. The molecule has 2 aromatic carbocycles. The Morgan fingerprint density at radius 1 is 0.833 bits per heavy atom. The van der Waals surface area contributed by atoms with E-state index in [1.54, 1.807) is 48.5 Å². The summed E-state index contributed by atoms with van der Waals surface area (Å²) >= 11 is 5.98. The minimum Gasteiger partial charge on any atom is -0.343 e. The van der Waals surface area contributed by atoms with Crippen molar-refractivity contribution in [1.82, 2.24) is 10.2 Å². The molecule has 0 spiro atoms. The van der Waals surface area contributed by atoms with Gasteiger partial charge >= 0.3 is 6.03 Å². The van der Waals surface area contributed by atoms with Crippen LogP contribution in [0.2, 0.25) is 5.02 Å². The van der Waals surface area contributed by atoms with Gasteiger partial charge in [0.1, 0.15) is 0 Å². The molecule has 0 atom stereocenters. The quantitative estimate of drug-likeness (QED) is 0.669. The van der Waals surface area contributed by atoms with Gasteiger partial charge in [0.05, 0.1) is 17.1 Å². The number of hydrogen-bond acceptors (Lipinski definition) is 3. The van der Waals surface area contributed by atoms with Gasteiger partial charge in [0, 0.05) is 24.5 Å². The maximum absolute atomic E-state index is 12.4. The minimum absolute atomic E-state index is 0.101. The summed E-state index contributed by atoms with van der Waals surface area (Å²) in [4.78, 5) is 38.4. The molecule has 30 heavy (non-hydrogen) atoms. The Balaban J connectivity index is 1.46. The zero-order chi connectivity index (χ0) is 21.3. The van der Waals surface area contributed by atoms with Gasteiger partial charge in [-0.25, -0.2) is 4.79 Å². The van der Waals surface area contributed by atoms with Crippen LogP contribution in [0.3, 0.4) is 0 Å². The van der Waals surface area contributed by atoms with Crippen molar-refractivity contribution in [1.29, 1.82) is 0 Å². The molecule has 1 heterocycles. The summed E-state index contributed by atoms with van der Waals surface area (Å²) in [5.41, 5.74) is 1.55. The maximum atomic E-state index is 12.4. The maximum Gasteiger partial charge on any atom is 0.321 e. The van der Waals surface area contributed by atoms with Crippen LogP contribution in [0.4, 0.5) is 16.2 Å². The molecule has 0 aromatic heterocycles. The van der Waals surface area contributed by atoms with Crippen molar-refractivity contribution >= 4 is 40.8 Å². The predicted molar refractivity (Wildman–Crippen MR) is 118 cm³/mol. The summed E-state index contributed by atoms with van der Waals surface area (Å²) in [6.45, 7) is 1.37. The summed E-state index contributed by atoms with van der Waals surface area (Å²) in [5, 5.41) is 8.46. The third kappa shape index (κ3) is 6.22. The minimum atomic E-state index is -0.415. The van der Waals surface area contributed by atoms with Gasteiger partial charge in [0.25, 0.3) is 5.91 Å². The molecule has 0 unspecified atom stereocenters. The van der Waals surface area contributed by atoms with Crippen LogP contribution in [0.5, 0.6) is 0 Å². The molecule has 1 saturated heterocycles. The number of urea groups is 1. The smallest absolute Gasteiger partial charge is 0.321 e. The number of nitrogens with one attached hydrogen (secondary N) is 3. The number of hydrogen-bond donors (Lipinski definition) is 3. The second kappa shape index (κ2) is 10.6. The Morgan fingerprint density at radius 3 is 2.07 bits per heavy atom. The molecule has 0 radical (unpaired) electrons. The van der Waals surface area contributed by atoms with Crippen molar-refractivity contribution in [3.8, 4) is 0 Å². The first kappa shape index (κ1) is 21.6. The monoisotopic (exact) mass is 428 g/mol. The average Bonchev–Trinajstić information content (AvgIpc) is 3.03. The number of nitrogens with zero attached hydrogens (tertiary/aromatic N) is 1. The fraction of sp³-hybridized carbons (Fsp3) is 0.318. The van der Waals surface area contributed by atoms with E-state index in [1.165, 1.54) is 0 Å². The van der Waals surface area contributed by atoms with Crippen LogP contribution in [0.25, 0.3) is 0 Å². The van der Waals surface area contributed by atoms with Crippen molar-refractivity contribution in [2.75, 3.05) is 30.3 Å². The van der Waals surface area contributed by atoms with Gasteiger partial charge in [-0.05, 0) is 49.2 Å². The second-order valence-electron chi connectivity index (χ2n) is 7.12. The molecule has 0 saturated carbocycles. The Labute approximate surface area is 180 Å². The van der Waals surface area contributed by atoms with E-state index >= 15 is 0 Å². The fourth-order valence-corrected chi connectivity index (χ4v) is 3.44. The van der Waals surface area contributed by atoms with E-state index in [9.17, 15) is 14.4 Å². The molecule has 3 rings (SSSR count). The van der Waals surface area contributed by atoms with E-state index in [2.05, 4.69) is 16.0 Å². The van der Waals surface area contributed by atoms with Gasteiger partial charge in [-0.1, -0.05) is 36.6 Å². The highest BCUT2D eigenvalue weighted by Gasteiger charge is 2.15. The lowest BCUT2D eigenvalue weighted by atomic mass is 10.2. The highest BCUT2D eigenvalue weighted by Crippen LogP contribution is 2.16. The summed E-state index contributed by atoms with van der Waals surface area (Å²) in [5.74, 6) is -0.779. The van der Waals surface area contributed by atoms with Crippen molar-refractivity contribution in [2.24, 2.45) is 0 Å². The Morgan fingerprint density at radius 2 is 1.43 bits per heavy atom. The third-order valence-corrected chi connectivity index (χ3v) is 5.17. The summed E-state index contributed by atoms with van der Waals surface area (Å²) in [6, 6.07) is 13.4. The number of anilines is 2.